The molecule has 28 heavy (non-hydrogen) atoms. The summed E-state index contributed by atoms with van der Waals surface area (Å²) in [5, 5.41) is 17.9. The van der Waals surface area contributed by atoms with Crippen LogP contribution in [0.1, 0.15) is 15.9 Å². The number of hydrogen-bond acceptors (Lipinski definition) is 5. The Hall–Kier alpha value is -3.81. The molecule has 8 nitrogen and oxygen atoms in total. The van der Waals surface area contributed by atoms with E-state index in [0.29, 0.717) is 16.8 Å². The second-order valence-corrected chi connectivity index (χ2v) is 6.16. The summed E-state index contributed by atoms with van der Waals surface area (Å²) in [6, 6.07) is 16.7. The van der Waals surface area contributed by atoms with E-state index < -0.39 is 4.92 Å². The molecule has 1 heterocycles. The zero-order valence-electron chi connectivity index (χ0n) is 15.2. The van der Waals surface area contributed by atoms with Crippen molar-refractivity contribution in [2.75, 3.05) is 6.54 Å². The predicted molar refractivity (Wildman–Crippen MR) is 104 cm³/mol. The molecule has 0 spiro atoms. The van der Waals surface area contributed by atoms with Gasteiger partial charge in [-0.25, -0.2) is 4.68 Å². The van der Waals surface area contributed by atoms with Crippen molar-refractivity contribution in [3.05, 3.63) is 92.3 Å². The van der Waals surface area contributed by atoms with Crippen molar-refractivity contribution < 1.29 is 9.72 Å². The van der Waals surface area contributed by atoms with Gasteiger partial charge in [0, 0.05) is 35.4 Å². The highest BCUT2D eigenvalue weighted by Gasteiger charge is 2.13. The number of hydrogen-bond donors (Lipinski definition) is 1. The lowest BCUT2D eigenvalue weighted by Crippen LogP contribution is -2.32. The van der Waals surface area contributed by atoms with E-state index in [1.54, 1.807) is 13.0 Å². The van der Waals surface area contributed by atoms with Gasteiger partial charge in [-0.15, -0.1) is 0 Å². The van der Waals surface area contributed by atoms with Crippen molar-refractivity contribution in [1.29, 1.82) is 0 Å². The van der Waals surface area contributed by atoms with Crippen LogP contribution in [-0.2, 0) is 6.54 Å². The highest BCUT2D eigenvalue weighted by atomic mass is 16.6. The third kappa shape index (κ3) is 4.29. The van der Waals surface area contributed by atoms with E-state index in [1.807, 2.05) is 30.3 Å². The first-order valence-electron chi connectivity index (χ1n) is 8.62. The van der Waals surface area contributed by atoms with Gasteiger partial charge >= 0.3 is 0 Å². The van der Waals surface area contributed by atoms with Crippen molar-refractivity contribution in [3.8, 4) is 11.3 Å². The van der Waals surface area contributed by atoms with E-state index >= 15 is 0 Å². The fraction of sp³-hybridized carbons (Fsp3) is 0.150. The van der Waals surface area contributed by atoms with Crippen molar-refractivity contribution in [2.45, 2.75) is 13.5 Å². The summed E-state index contributed by atoms with van der Waals surface area (Å²) >= 11 is 0. The summed E-state index contributed by atoms with van der Waals surface area (Å²) in [6.07, 6.45) is 0. The van der Waals surface area contributed by atoms with E-state index in [4.69, 9.17) is 0 Å². The highest BCUT2D eigenvalue weighted by Crippen LogP contribution is 2.18. The van der Waals surface area contributed by atoms with Crippen LogP contribution in [0.15, 0.2) is 65.5 Å². The fourth-order valence-electron chi connectivity index (χ4n) is 2.75. The molecule has 0 saturated heterocycles. The molecular formula is C20H18N4O4. The molecule has 0 unspecified atom stereocenters. The molecule has 1 aromatic heterocycles. The number of nitro benzene ring substituents is 1. The zero-order chi connectivity index (χ0) is 20.1. The van der Waals surface area contributed by atoms with Crippen LogP contribution in [0.25, 0.3) is 11.3 Å². The predicted octanol–water partition coefficient (Wildman–Crippen LogP) is 2.56. The van der Waals surface area contributed by atoms with Crippen LogP contribution in [0.5, 0.6) is 0 Å². The normalized spacial score (nSPS) is 10.5. The van der Waals surface area contributed by atoms with E-state index in [-0.39, 0.29) is 30.2 Å². The molecule has 2 aromatic carbocycles. The summed E-state index contributed by atoms with van der Waals surface area (Å²) in [4.78, 5) is 34.6. The molecule has 0 radical (unpaired) electrons. The highest BCUT2D eigenvalue weighted by molar-refractivity contribution is 5.94. The first-order chi connectivity index (χ1) is 13.5. The molecule has 142 valence electrons. The van der Waals surface area contributed by atoms with E-state index in [1.165, 1.54) is 28.9 Å². The van der Waals surface area contributed by atoms with Gasteiger partial charge in [-0.2, -0.15) is 5.10 Å². The van der Waals surface area contributed by atoms with Crippen LogP contribution in [0.4, 0.5) is 5.69 Å². The average Bonchev–Trinajstić information content (AvgIpc) is 2.69. The number of nitrogens with zero attached hydrogens (tertiary/aromatic N) is 3. The van der Waals surface area contributed by atoms with E-state index in [0.717, 1.165) is 5.56 Å². The maximum atomic E-state index is 12.3. The SMILES string of the molecule is Cc1cc(C(=O)NCCn2nc(-c3ccccc3)ccc2=O)ccc1[N+](=O)[O-]. The number of rotatable bonds is 6. The van der Waals surface area contributed by atoms with Crippen molar-refractivity contribution in [2.24, 2.45) is 0 Å². The summed E-state index contributed by atoms with van der Waals surface area (Å²) in [6.45, 7) is 1.98. The van der Waals surface area contributed by atoms with Crippen LogP contribution in [-0.4, -0.2) is 27.2 Å². The molecule has 3 rings (SSSR count). The summed E-state index contributed by atoms with van der Waals surface area (Å²) in [7, 11) is 0. The summed E-state index contributed by atoms with van der Waals surface area (Å²) in [5.74, 6) is -0.370. The molecule has 1 N–H and O–H groups in total. The maximum absolute atomic E-state index is 12.3. The monoisotopic (exact) mass is 378 g/mol. The van der Waals surface area contributed by atoms with Gasteiger partial charge in [-0.3, -0.25) is 19.7 Å². The second-order valence-electron chi connectivity index (χ2n) is 6.16. The van der Waals surface area contributed by atoms with Gasteiger partial charge in [0.05, 0.1) is 17.2 Å². The largest absolute Gasteiger partial charge is 0.350 e. The zero-order valence-corrected chi connectivity index (χ0v) is 15.2. The summed E-state index contributed by atoms with van der Waals surface area (Å²) < 4.78 is 1.30. The number of aromatic nitrogens is 2. The van der Waals surface area contributed by atoms with Crippen LogP contribution in [0, 0.1) is 17.0 Å². The van der Waals surface area contributed by atoms with Crippen LogP contribution < -0.4 is 10.9 Å². The molecule has 0 fully saturated rings. The lowest BCUT2D eigenvalue weighted by Gasteiger charge is -2.09. The maximum Gasteiger partial charge on any atom is 0.272 e. The number of benzene rings is 2. The second kappa shape index (κ2) is 8.26. The number of carbonyl (C=O) groups excluding carboxylic acids is 1. The van der Waals surface area contributed by atoms with Crippen molar-refractivity contribution in [3.63, 3.8) is 0 Å². The average molecular weight is 378 g/mol. The van der Waals surface area contributed by atoms with Gasteiger partial charge < -0.3 is 5.32 Å². The van der Waals surface area contributed by atoms with Gasteiger partial charge in [0.2, 0.25) is 0 Å². The molecule has 0 bridgehead atoms. The first kappa shape index (κ1) is 19.0. The third-order valence-corrected chi connectivity index (χ3v) is 4.20. The number of nitro groups is 1. The molecule has 3 aromatic rings. The van der Waals surface area contributed by atoms with Crippen molar-refractivity contribution in [1.82, 2.24) is 15.1 Å². The molecule has 0 aliphatic rings. The Morgan fingerprint density at radius 2 is 1.89 bits per heavy atom. The van der Waals surface area contributed by atoms with Crippen LogP contribution in [0.3, 0.4) is 0 Å². The lowest BCUT2D eigenvalue weighted by atomic mass is 10.1. The minimum Gasteiger partial charge on any atom is -0.350 e. The topological polar surface area (TPSA) is 107 Å². The Morgan fingerprint density at radius 3 is 2.57 bits per heavy atom. The molecule has 0 aliphatic carbocycles. The lowest BCUT2D eigenvalue weighted by molar-refractivity contribution is -0.385. The van der Waals surface area contributed by atoms with E-state index in [2.05, 4.69) is 10.4 Å². The molecular weight excluding hydrogens is 360 g/mol. The standard InChI is InChI=1S/C20H18N4O4/c1-14-13-16(7-9-18(14)24(27)28)20(26)21-11-12-23-19(25)10-8-17(22-23)15-5-3-2-4-6-15/h2-10,13H,11-12H2,1H3,(H,21,26). The Kier molecular flexibility index (Phi) is 5.59. The van der Waals surface area contributed by atoms with Gasteiger partial charge in [0.1, 0.15) is 0 Å². The summed E-state index contributed by atoms with van der Waals surface area (Å²) in [5.41, 5.74) is 1.98. The minimum absolute atomic E-state index is 0.0370. The molecule has 0 saturated carbocycles. The number of aryl methyl sites for hydroxylation is 1. The Labute approximate surface area is 160 Å². The molecule has 0 atom stereocenters. The molecule has 0 aliphatic heterocycles. The molecule has 1 amide bonds. The fourth-order valence-corrected chi connectivity index (χ4v) is 2.75. The Morgan fingerprint density at radius 1 is 1.14 bits per heavy atom. The smallest absolute Gasteiger partial charge is 0.272 e. The third-order valence-electron chi connectivity index (χ3n) is 4.20. The van der Waals surface area contributed by atoms with Gasteiger partial charge in [-0.05, 0) is 25.1 Å². The first-order valence-corrected chi connectivity index (χ1v) is 8.62. The van der Waals surface area contributed by atoms with Gasteiger partial charge in [0.25, 0.3) is 17.2 Å². The van der Waals surface area contributed by atoms with Gasteiger partial charge in [0.15, 0.2) is 0 Å². The Balaban J connectivity index is 1.66. The number of nitrogens with one attached hydrogen (secondary N) is 1. The Bertz CT molecular complexity index is 1080. The van der Waals surface area contributed by atoms with Crippen molar-refractivity contribution >= 4 is 11.6 Å². The van der Waals surface area contributed by atoms with Crippen LogP contribution >= 0.6 is 0 Å². The van der Waals surface area contributed by atoms with Gasteiger partial charge in [-0.1, -0.05) is 30.3 Å². The minimum atomic E-state index is -0.491. The number of amides is 1. The quantitative estimate of drug-likeness (QED) is 0.524. The number of carbonyl (C=O) groups is 1. The van der Waals surface area contributed by atoms with Crippen LogP contribution in [0.2, 0.25) is 0 Å². The molecule has 8 heteroatoms. The van der Waals surface area contributed by atoms with E-state index in [9.17, 15) is 19.7 Å².